The summed E-state index contributed by atoms with van der Waals surface area (Å²) in [5.74, 6) is -0.0331. The third kappa shape index (κ3) is 4.31. The molecule has 0 radical (unpaired) electrons. The number of nitrogens with one attached hydrogen (secondary N) is 2. The van der Waals surface area contributed by atoms with Crippen molar-refractivity contribution in [2.24, 2.45) is 0 Å². The number of aromatic amines is 1. The van der Waals surface area contributed by atoms with E-state index in [1.807, 2.05) is 0 Å². The molecule has 3 aromatic rings. The quantitative estimate of drug-likeness (QED) is 0.535. The standard InChI is InChI=1S/C19H22F3N4O2P/c1-18(2,10-27)26-17-24-9-13(19(20,21)22)15(25-17)12-8-23-16-11(12)6-5-7-14(16)29(3,4)28/h5-9,23,27H,10H2,1-4H3,(H,24,25,26). The highest BCUT2D eigenvalue weighted by atomic mass is 31.2. The topological polar surface area (TPSA) is 90.9 Å². The molecule has 10 heteroatoms. The molecule has 3 N–H and O–H groups in total. The third-order valence-corrected chi connectivity index (χ3v) is 6.00. The van der Waals surface area contributed by atoms with Crippen molar-refractivity contribution in [1.29, 1.82) is 0 Å². The van der Waals surface area contributed by atoms with E-state index < -0.39 is 24.4 Å². The van der Waals surface area contributed by atoms with E-state index in [1.54, 1.807) is 45.4 Å². The first-order chi connectivity index (χ1) is 13.3. The van der Waals surface area contributed by atoms with Gasteiger partial charge in [-0.2, -0.15) is 13.2 Å². The largest absolute Gasteiger partial charge is 0.419 e. The molecule has 0 aliphatic rings. The first-order valence-electron chi connectivity index (χ1n) is 8.83. The zero-order chi connectivity index (χ0) is 21.6. The summed E-state index contributed by atoms with van der Waals surface area (Å²) >= 11 is 0. The summed E-state index contributed by atoms with van der Waals surface area (Å²) in [4.78, 5) is 10.9. The number of benzene rings is 1. The second kappa shape index (κ2) is 7.15. The van der Waals surface area contributed by atoms with Crippen LogP contribution in [-0.2, 0) is 10.7 Å². The predicted molar refractivity (Wildman–Crippen MR) is 108 cm³/mol. The SMILES string of the molecule is CC(C)(CO)Nc1ncc(C(F)(F)F)c(-c2c[nH]c3c(P(C)(C)=O)cccc23)n1. The summed E-state index contributed by atoms with van der Waals surface area (Å²) < 4.78 is 53.5. The molecule has 0 aliphatic heterocycles. The number of aromatic nitrogens is 3. The van der Waals surface area contributed by atoms with Gasteiger partial charge in [-0.25, -0.2) is 9.97 Å². The van der Waals surface area contributed by atoms with Crippen molar-refractivity contribution < 1.29 is 22.8 Å². The number of alkyl halides is 3. The highest BCUT2D eigenvalue weighted by Gasteiger charge is 2.36. The maximum absolute atomic E-state index is 13.6. The second-order valence-electron chi connectivity index (χ2n) is 7.87. The molecule has 0 saturated heterocycles. The molecule has 0 unspecified atom stereocenters. The smallest absolute Gasteiger partial charge is 0.394 e. The molecular formula is C19H22F3N4O2P. The normalized spacial score (nSPS) is 13.1. The Kier molecular flexibility index (Phi) is 5.26. The molecule has 0 amide bonds. The van der Waals surface area contributed by atoms with Gasteiger partial charge in [0.2, 0.25) is 5.95 Å². The minimum atomic E-state index is -4.66. The first-order valence-corrected chi connectivity index (χ1v) is 11.4. The molecule has 0 spiro atoms. The van der Waals surface area contributed by atoms with Crippen LogP contribution in [0, 0.1) is 0 Å². The highest BCUT2D eigenvalue weighted by molar-refractivity contribution is 7.70. The molecule has 6 nitrogen and oxygen atoms in total. The third-order valence-electron chi connectivity index (χ3n) is 4.47. The minimum Gasteiger partial charge on any atom is -0.394 e. The summed E-state index contributed by atoms with van der Waals surface area (Å²) in [6.07, 6.45) is -2.50. The number of anilines is 1. The van der Waals surface area contributed by atoms with Crippen molar-refractivity contribution in [2.75, 3.05) is 25.3 Å². The summed E-state index contributed by atoms with van der Waals surface area (Å²) in [7, 11) is -2.65. The maximum atomic E-state index is 13.6. The van der Waals surface area contributed by atoms with Gasteiger partial charge in [-0.15, -0.1) is 0 Å². The number of halogens is 3. The van der Waals surface area contributed by atoms with Gasteiger partial charge in [0, 0.05) is 28.6 Å². The van der Waals surface area contributed by atoms with Gasteiger partial charge >= 0.3 is 6.18 Å². The van der Waals surface area contributed by atoms with Gasteiger partial charge in [0.1, 0.15) is 12.7 Å². The zero-order valence-corrected chi connectivity index (χ0v) is 17.3. The number of aliphatic hydroxyl groups excluding tert-OH is 1. The fourth-order valence-electron chi connectivity index (χ4n) is 2.98. The monoisotopic (exact) mass is 426 g/mol. The lowest BCUT2D eigenvalue weighted by molar-refractivity contribution is -0.137. The van der Waals surface area contributed by atoms with E-state index in [-0.39, 0.29) is 23.8 Å². The van der Waals surface area contributed by atoms with E-state index in [4.69, 9.17) is 0 Å². The Morgan fingerprint density at radius 3 is 2.52 bits per heavy atom. The number of para-hydroxylation sites is 1. The average molecular weight is 426 g/mol. The van der Waals surface area contributed by atoms with Crippen LogP contribution in [0.1, 0.15) is 19.4 Å². The lowest BCUT2D eigenvalue weighted by Crippen LogP contribution is -2.35. The molecule has 29 heavy (non-hydrogen) atoms. The Morgan fingerprint density at radius 1 is 1.24 bits per heavy atom. The van der Waals surface area contributed by atoms with Gasteiger partial charge in [-0.1, -0.05) is 12.1 Å². The van der Waals surface area contributed by atoms with Crippen LogP contribution < -0.4 is 10.6 Å². The van der Waals surface area contributed by atoms with Crippen LogP contribution in [0.25, 0.3) is 22.2 Å². The molecule has 0 saturated carbocycles. The van der Waals surface area contributed by atoms with Gasteiger partial charge in [0.15, 0.2) is 0 Å². The molecule has 0 aliphatic carbocycles. The van der Waals surface area contributed by atoms with Crippen LogP contribution in [0.2, 0.25) is 0 Å². The van der Waals surface area contributed by atoms with Crippen molar-refractivity contribution in [3.05, 3.63) is 36.2 Å². The Hall–Kier alpha value is -2.38. The average Bonchev–Trinajstić information content (AvgIpc) is 3.03. The Labute approximate surface area is 166 Å². The minimum absolute atomic E-state index is 0.0331. The molecule has 3 rings (SSSR count). The molecule has 0 bridgehead atoms. The Balaban J connectivity index is 2.25. The van der Waals surface area contributed by atoms with Gasteiger partial charge in [0.05, 0.1) is 23.4 Å². The molecule has 1 aromatic carbocycles. The van der Waals surface area contributed by atoms with Crippen molar-refractivity contribution in [2.45, 2.75) is 25.6 Å². The lowest BCUT2D eigenvalue weighted by atomic mass is 10.1. The zero-order valence-electron chi connectivity index (χ0n) is 16.4. The molecular weight excluding hydrogens is 404 g/mol. The number of hydrogen-bond acceptors (Lipinski definition) is 5. The molecule has 2 heterocycles. The van der Waals surface area contributed by atoms with Crippen molar-refractivity contribution in [3.63, 3.8) is 0 Å². The lowest BCUT2D eigenvalue weighted by Gasteiger charge is -2.24. The van der Waals surface area contributed by atoms with Crippen LogP contribution in [0.15, 0.2) is 30.6 Å². The van der Waals surface area contributed by atoms with Crippen LogP contribution in [0.3, 0.4) is 0 Å². The Morgan fingerprint density at radius 2 is 1.93 bits per heavy atom. The van der Waals surface area contributed by atoms with Crippen LogP contribution in [0.5, 0.6) is 0 Å². The van der Waals surface area contributed by atoms with Crippen molar-refractivity contribution in [3.8, 4) is 11.3 Å². The van der Waals surface area contributed by atoms with Crippen LogP contribution in [-0.4, -0.2) is 45.5 Å². The van der Waals surface area contributed by atoms with E-state index >= 15 is 0 Å². The molecule has 0 fully saturated rings. The van der Waals surface area contributed by atoms with Crippen molar-refractivity contribution in [1.82, 2.24) is 15.0 Å². The summed E-state index contributed by atoms with van der Waals surface area (Å²) in [6, 6.07) is 5.02. The second-order valence-corrected chi connectivity index (χ2v) is 11.1. The number of fused-ring (bicyclic) bond motifs is 1. The fraction of sp³-hybridized carbons (Fsp3) is 0.368. The van der Waals surface area contributed by atoms with Gasteiger partial charge in [-0.3, -0.25) is 0 Å². The number of rotatable bonds is 5. The van der Waals surface area contributed by atoms with E-state index in [1.165, 1.54) is 6.20 Å². The van der Waals surface area contributed by atoms with Crippen molar-refractivity contribution >= 4 is 29.3 Å². The van der Waals surface area contributed by atoms with E-state index in [0.717, 1.165) is 6.20 Å². The van der Waals surface area contributed by atoms with Gasteiger partial charge in [0.25, 0.3) is 0 Å². The number of hydrogen-bond donors (Lipinski definition) is 3. The van der Waals surface area contributed by atoms with E-state index in [9.17, 15) is 22.8 Å². The number of aliphatic hydroxyl groups is 1. The van der Waals surface area contributed by atoms with Crippen LogP contribution in [0.4, 0.5) is 19.1 Å². The number of nitrogens with zero attached hydrogens (tertiary/aromatic N) is 2. The Bertz CT molecular complexity index is 1100. The maximum Gasteiger partial charge on any atom is 0.419 e. The van der Waals surface area contributed by atoms with Gasteiger partial charge in [-0.05, 0) is 33.2 Å². The van der Waals surface area contributed by atoms with Gasteiger partial charge < -0.3 is 20.0 Å². The fourth-order valence-corrected chi connectivity index (χ4v) is 4.15. The van der Waals surface area contributed by atoms with E-state index in [2.05, 4.69) is 20.3 Å². The summed E-state index contributed by atoms with van der Waals surface area (Å²) in [5, 5.41) is 13.3. The molecule has 2 aromatic heterocycles. The van der Waals surface area contributed by atoms with E-state index in [0.29, 0.717) is 16.2 Å². The summed E-state index contributed by atoms with van der Waals surface area (Å²) in [6.45, 7) is 6.29. The number of H-pyrrole nitrogens is 1. The first kappa shape index (κ1) is 21.3. The molecule has 0 atom stereocenters. The van der Waals surface area contributed by atoms with Crippen LogP contribution >= 0.6 is 7.14 Å². The highest BCUT2D eigenvalue weighted by Crippen LogP contribution is 2.41. The summed E-state index contributed by atoms with van der Waals surface area (Å²) in [5.41, 5.74) is -1.34. The predicted octanol–water partition coefficient (Wildman–Crippen LogP) is 4.07. The molecule has 156 valence electrons.